The lowest BCUT2D eigenvalue weighted by molar-refractivity contribution is -0.135. The van der Waals surface area contributed by atoms with Gasteiger partial charge in [-0.3, -0.25) is 14.7 Å². The van der Waals surface area contributed by atoms with Gasteiger partial charge in [0.1, 0.15) is 0 Å². The molecule has 2 fully saturated rings. The highest BCUT2D eigenvalue weighted by molar-refractivity contribution is 14.0. The smallest absolute Gasteiger partial charge is 0.239 e. The summed E-state index contributed by atoms with van der Waals surface area (Å²) in [6.45, 7) is 14.5. The number of halogens is 1. The summed E-state index contributed by atoms with van der Waals surface area (Å²) < 4.78 is 5.37. The summed E-state index contributed by atoms with van der Waals surface area (Å²) in [6.07, 6.45) is 2.30. The molecular formula is C18H36IN5O2. The number of piperazine rings is 1. The highest BCUT2D eigenvalue weighted by Crippen LogP contribution is 2.14. The second-order valence-electron chi connectivity index (χ2n) is 6.66. The highest BCUT2D eigenvalue weighted by atomic mass is 127. The fraction of sp³-hybridized carbons (Fsp3) is 0.889. The Morgan fingerprint density at radius 2 is 1.73 bits per heavy atom. The van der Waals surface area contributed by atoms with E-state index in [9.17, 15) is 4.79 Å². The normalized spacial score (nSPS) is 20.0. The first kappa shape index (κ1) is 23.4. The molecule has 0 saturated carbocycles. The van der Waals surface area contributed by atoms with Gasteiger partial charge in [0.15, 0.2) is 5.96 Å². The van der Waals surface area contributed by atoms with E-state index in [0.29, 0.717) is 19.1 Å². The zero-order chi connectivity index (χ0) is 18.1. The summed E-state index contributed by atoms with van der Waals surface area (Å²) in [7, 11) is 0. The predicted octanol–water partition coefficient (Wildman–Crippen LogP) is 1.23. The minimum Gasteiger partial charge on any atom is -0.380 e. The molecule has 2 aliphatic heterocycles. The number of likely N-dealkylation sites (tertiary alicyclic amines) is 1. The standard InChI is InChI=1S/C18H35N5O2.HI/c1-4-19-18(20-8-15-25-5-2)23-13-11-21(12-14-23)16(3)17(24)22-9-6-7-10-22;/h16H,4-15H2,1-3H3,(H,19,20);1H. The molecular weight excluding hydrogens is 445 g/mol. The average Bonchev–Trinajstić information content (AvgIpc) is 3.18. The molecule has 1 unspecified atom stereocenters. The predicted molar refractivity (Wildman–Crippen MR) is 116 cm³/mol. The van der Waals surface area contributed by atoms with Gasteiger partial charge in [0.05, 0.1) is 19.2 Å². The Balaban J connectivity index is 0.00000338. The molecule has 2 heterocycles. The lowest BCUT2D eigenvalue weighted by atomic mass is 10.2. The molecule has 2 aliphatic rings. The van der Waals surface area contributed by atoms with Gasteiger partial charge in [0.25, 0.3) is 0 Å². The minimum absolute atomic E-state index is 0. The van der Waals surface area contributed by atoms with E-state index in [2.05, 4.69) is 34.0 Å². The summed E-state index contributed by atoms with van der Waals surface area (Å²) in [6, 6.07) is -0.0160. The maximum absolute atomic E-state index is 12.6. The first-order chi connectivity index (χ1) is 12.2. The van der Waals surface area contributed by atoms with Crippen molar-refractivity contribution in [2.24, 2.45) is 4.99 Å². The van der Waals surface area contributed by atoms with Crippen LogP contribution in [0.2, 0.25) is 0 Å². The first-order valence-electron chi connectivity index (χ1n) is 9.81. The van der Waals surface area contributed by atoms with E-state index in [1.54, 1.807) is 0 Å². The van der Waals surface area contributed by atoms with Crippen LogP contribution in [0, 0.1) is 0 Å². The van der Waals surface area contributed by atoms with Gasteiger partial charge in [-0.05, 0) is 33.6 Å². The Bertz CT molecular complexity index is 435. The summed E-state index contributed by atoms with van der Waals surface area (Å²) in [4.78, 5) is 23.9. The first-order valence-corrected chi connectivity index (χ1v) is 9.81. The number of guanidine groups is 1. The fourth-order valence-corrected chi connectivity index (χ4v) is 3.47. The number of carbonyl (C=O) groups is 1. The van der Waals surface area contributed by atoms with E-state index in [0.717, 1.165) is 71.2 Å². The van der Waals surface area contributed by atoms with Crippen LogP contribution in [0.3, 0.4) is 0 Å². The Morgan fingerprint density at radius 1 is 1.08 bits per heavy atom. The van der Waals surface area contributed by atoms with Crippen molar-refractivity contribution in [3.05, 3.63) is 0 Å². The van der Waals surface area contributed by atoms with Crippen LogP contribution in [-0.4, -0.2) is 98.2 Å². The number of ether oxygens (including phenoxy) is 1. The molecule has 1 N–H and O–H groups in total. The molecule has 0 bridgehead atoms. The van der Waals surface area contributed by atoms with Crippen LogP contribution in [0.5, 0.6) is 0 Å². The van der Waals surface area contributed by atoms with Crippen molar-refractivity contribution in [3.63, 3.8) is 0 Å². The number of nitrogens with zero attached hydrogens (tertiary/aromatic N) is 4. The molecule has 0 aromatic heterocycles. The van der Waals surface area contributed by atoms with E-state index >= 15 is 0 Å². The number of carbonyl (C=O) groups excluding carboxylic acids is 1. The van der Waals surface area contributed by atoms with Crippen molar-refractivity contribution < 1.29 is 9.53 Å². The zero-order valence-electron chi connectivity index (χ0n) is 16.6. The second kappa shape index (κ2) is 12.7. The molecule has 0 spiro atoms. The summed E-state index contributed by atoms with van der Waals surface area (Å²) in [5, 5.41) is 3.37. The molecule has 2 saturated heterocycles. The van der Waals surface area contributed by atoms with Crippen molar-refractivity contribution >= 4 is 35.8 Å². The van der Waals surface area contributed by atoms with E-state index in [1.807, 2.05) is 11.8 Å². The lowest BCUT2D eigenvalue weighted by Gasteiger charge is -2.39. The average molecular weight is 481 g/mol. The third-order valence-corrected chi connectivity index (χ3v) is 4.97. The molecule has 0 aromatic carbocycles. The van der Waals surface area contributed by atoms with Gasteiger partial charge in [0, 0.05) is 52.4 Å². The Kier molecular flexibility index (Phi) is 11.5. The number of hydrogen-bond acceptors (Lipinski definition) is 4. The van der Waals surface area contributed by atoms with Crippen LogP contribution >= 0.6 is 24.0 Å². The molecule has 152 valence electrons. The van der Waals surface area contributed by atoms with E-state index in [1.165, 1.54) is 0 Å². The van der Waals surface area contributed by atoms with Crippen LogP contribution in [0.1, 0.15) is 33.6 Å². The lowest BCUT2D eigenvalue weighted by Crippen LogP contribution is -2.57. The fourth-order valence-electron chi connectivity index (χ4n) is 3.47. The number of hydrogen-bond donors (Lipinski definition) is 1. The second-order valence-corrected chi connectivity index (χ2v) is 6.66. The van der Waals surface area contributed by atoms with Crippen LogP contribution in [0.15, 0.2) is 4.99 Å². The van der Waals surface area contributed by atoms with Crippen molar-refractivity contribution in [1.29, 1.82) is 0 Å². The Morgan fingerprint density at radius 3 is 2.31 bits per heavy atom. The number of nitrogens with one attached hydrogen (secondary N) is 1. The molecule has 2 rings (SSSR count). The van der Waals surface area contributed by atoms with Crippen molar-refractivity contribution in [1.82, 2.24) is 20.0 Å². The number of aliphatic imine (C=N–C) groups is 1. The monoisotopic (exact) mass is 481 g/mol. The van der Waals surface area contributed by atoms with Gasteiger partial charge >= 0.3 is 0 Å². The van der Waals surface area contributed by atoms with Crippen LogP contribution in [-0.2, 0) is 9.53 Å². The van der Waals surface area contributed by atoms with E-state index in [4.69, 9.17) is 4.74 Å². The van der Waals surface area contributed by atoms with Gasteiger partial charge < -0.3 is 19.9 Å². The van der Waals surface area contributed by atoms with E-state index in [-0.39, 0.29) is 30.0 Å². The van der Waals surface area contributed by atoms with Crippen LogP contribution in [0.4, 0.5) is 0 Å². The molecule has 8 heteroatoms. The van der Waals surface area contributed by atoms with Gasteiger partial charge in [-0.1, -0.05) is 0 Å². The van der Waals surface area contributed by atoms with Crippen molar-refractivity contribution in [2.45, 2.75) is 39.7 Å². The molecule has 1 amide bonds. The molecule has 0 aromatic rings. The van der Waals surface area contributed by atoms with Gasteiger partial charge in [0.2, 0.25) is 5.91 Å². The summed E-state index contributed by atoms with van der Waals surface area (Å²) in [5.41, 5.74) is 0. The maximum atomic E-state index is 12.6. The topological polar surface area (TPSA) is 60.4 Å². The Hall–Kier alpha value is -0.610. The summed E-state index contributed by atoms with van der Waals surface area (Å²) in [5.74, 6) is 1.25. The van der Waals surface area contributed by atoms with Crippen LogP contribution < -0.4 is 5.32 Å². The van der Waals surface area contributed by atoms with Gasteiger partial charge in [-0.25, -0.2) is 0 Å². The Labute approximate surface area is 175 Å². The van der Waals surface area contributed by atoms with E-state index < -0.39 is 0 Å². The highest BCUT2D eigenvalue weighted by Gasteiger charge is 2.30. The van der Waals surface area contributed by atoms with Crippen molar-refractivity contribution in [2.75, 3.05) is 65.6 Å². The molecule has 7 nitrogen and oxygen atoms in total. The quantitative estimate of drug-likeness (QED) is 0.257. The largest absolute Gasteiger partial charge is 0.380 e. The third-order valence-electron chi connectivity index (χ3n) is 4.97. The SMILES string of the molecule is CCNC(=NCCOCC)N1CCN(C(C)C(=O)N2CCCC2)CC1.I. The molecule has 0 aliphatic carbocycles. The van der Waals surface area contributed by atoms with Crippen LogP contribution in [0.25, 0.3) is 0 Å². The summed E-state index contributed by atoms with van der Waals surface area (Å²) >= 11 is 0. The maximum Gasteiger partial charge on any atom is 0.239 e. The van der Waals surface area contributed by atoms with Crippen molar-refractivity contribution in [3.8, 4) is 0 Å². The molecule has 0 radical (unpaired) electrons. The molecule has 26 heavy (non-hydrogen) atoms. The third kappa shape index (κ3) is 6.84. The molecule has 1 atom stereocenters. The minimum atomic E-state index is -0.0160. The number of amides is 1. The van der Waals surface area contributed by atoms with Gasteiger partial charge in [-0.2, -0.15) is 0 Å². The zero-order valence-corrected chi connectivity index (χ0v) is 18.9. The number of rotatable bonds is 7. The van der Waals surface area contributed by atoms with Gasteiger partial charge in [-0.15, -0.1) is 24.0 Å².